The second-order valence-corrected chi connectivity index (χ2v) is 13.9. The summed E-state index contributed by atoms with van der Waals surface area (Å²) in [6.45, 7) is 10.2. The number of benzene rings is 2. The van der Waals surface area contributed by atoms with Crippen LogP contribution >= 0.6 is 0 Å². The van der Waals surface area contributed by atoms with E-state index in [1.165, 1.54) is 10.4 Å². The van der Waals surface area contributed by atoms with Crippen molar-refractivity contribution in [1.29, 1.82) is 0 Å². The van der Waals surface area contributed by atoms with Crippen molar-refractivity contribution >= 4 is 25.0 Å². The molecule has 2 aromatic carbocycles. The Morgan fingerprint density at radius 3 is 2.06 bits per heavy atom. The Labute approximate surface area is 188 Å². The molecular formula is C26H36O4Si. The van der Waals surface area contributed by atoms with E-state index in [0.717, 1.165) is 12.7 Å². The van der Waals surface area contributed by atoms with Gasteiger partial charge in [0.25, 0.3) is 8.32 Å². The quantitative estimate of drug-likeness (QED) is 0.434. The van der Waals surface area contributed by atoms with E-state index < -0.39 is 14.1 Å². The van der Waals surface area contributed by atoms with Crippen LogP contribution in [0.2, 0.25) is 5.04 Å². The zero-order chi connectivity index (χ0) is 22.5. The van der Waals surface area contributed by atoms with E-state index in [1.807, 2.05) is 0 Å². The molecule has 0 aliphatic carbocycles. The Morgan fingerprint density at radius 2 is 1.61 bits per heavy atom. The first-order chi connectivity index (χ1) is 14.8. The van der Waals surface area contributed by atoms with Gasteiger partial charge in [-0.25, -0.2) is 0 Å². The summed E-state index contributed by atoms with van der Waals surface area (Å²) in [7, 11) is -0.904. The van der Waals surface area contributed by atoms with E-state index >= 15 is 0 Å². The van der Waals surface area contributed by atoms with Crippen LogP contribution in [0.25, 0.3) is 0 Å². The number of methoxy groups -OCH3 is 1. The number of rotatable bonds is 9. The van der Waals surface area contributed by atoms with Crippen LogP contribution < -0.4 is 10.4 Å². The van der Waals surface area contributed by atoms with Crippen LogP contribution in [0.15, 0.2) is 60.7 Å². The highest BCUT2D eigenvalue weighted by Gasteiger charge is 2.51. The molecule has 0 N–H and O–H groups in total. The van der Waals surface area contributed by atoms with Gasteiger partial charge in [-0.2, -0.15) is 0 Å². The zero-order valence-corrected chi connectivity index (χ0v) is 20.5. The number of carbonyl (C=O) groups excluding carboxylic acids is 1. The van der Waals surface area contributed by atoms with Gasteiger partial charge in [-0.15, -0.1) is 0 Å². The molecule has 1 fully saturated rings. The second kappa shape index (κ2) is 9.78. The molecular weight excluding hydrogens is 404 g/mol. The predicted octanol–water partition coefficient (Wildman–Crippen LogP) is 4.17. The van der Waals surface area contributed by atoms with Gasteiger partial charge in [0, 0.05) is 19.6 Å². The van der Waals surface area contributed by atoms with Crippen LogP contribution in [-0.4, -0.2) is 40.7 Å². The standard InChI is InChI=1S/C26H36O4Si/c1-21-22(20-29-26(21,28-5)17-18-27)16-19-30-31(25(2,3)4,23-12-8-6-9-13-23)24-14-10-7-11-15-24/h6-15,18,21-22H,16-17,19-20H2,1-5H3/t21-,22+,26?/m0/s1. The fourth-order valence-electron chi connectivity index (χ4n) is 5.03. The molecule has 0 saturated carbocycles. The monoisotopic (exact) mass is 440 g/mol. The molecule has 0 bridgehead atoms. The Bertz CT molecular complexity index is 794. The average Bonchev–Trinajstić information content (AvgIpc) is 3.08. The fourth-order valence-corrected chi connectivity index (χ4v) is 9.61. The number of carbonyl (C=O) groups is 1. The highest BCUT2D eigenvalue weighted by Crippen LogP contribution is 2.41. The minimum absolute atomic E-state index is 0.0404. The Kier molecular flexibility index (Phi) is 7.53. The van der Waals surface area contributed by atoms with Crippen molar-refractivity contribution in [2.24, 2.45) is 11.8 Å². The second-order valence-electron chi connectivity index (χ2n) is 9.55. The zero-order valence-electron chi connectivity index (χ0n) is 19.5. The highest BCUT2D eigenvalue weighted by atomic mass is 28.4. The van der Waals surface area contributed by atoms with Gasteiger partial charge in [0.15, 0.2) is 5.79 Å². The van der Waals surface area contributed by atoms with Gasteiger partial charge < -0.3 is 18.7 Å². The van der Waals surface area contributed by atoms with Crippen molar-refractivity contribution in [1.82, 2.24) is 0 Å². The van der Waals surface area contributed by atoms with E-state index in [2.05, 4.69) is 88.4 Å². The van der Waals surface area contributed by atoms with Gasteiger partial charge in [-0.1, -0.05) is 88.4 Å². The third-order valence-electron chi connectivity index (χ3n) is 6.88. The van der Waals surface area contributed by atoms with E-state index in [-0.39, 0.29) is 23.3 Å². The lowest BCUT2D eigenvalue weighted by Crippen LogP contribution is -2.66. The first-order valence-electron chi connectivity index (χ1n) is 11.2. The first kappa shape index (κ1) is 23.9. The van der Waals surface area contributed by atoms with Crippen molar-refractivity contribution in [2.75, 3.05) is 20.3 Å². The maximum Gasteiger partial charge on any atom is 0.261 e. The molecule has 1 aliphatic heterocycles. The fraction of sp³-hybridized carbons (Fsp3) is 0.500. The van der Waals surface area contributed by atoms with Crippen LogP contribution in [-0.2, 0) is 18.7 Å². The van der Waals surface area contributed by atoms with Crippen LogP contribution in [0.3, 0.4) is 0 Å². The summed E-state index contributed by atoms with van der Waals surface area (Å²) in [5, 5.41) is 2.54. The van der Waals surface area contributed by atoms with Crippen LogP contribution in [0.1, 0.15) is 40.5 Å². The van der Waals surface area contributed by atoms with Crippen LogP contribution in [0.5, 0.6) is 0 Å². The smallest absolute Gasteiger partial charge is 0.261 e. The molecule has 168 valence electrons. The summed E-state index contributed by atoms with van der Waals surface area (Å²) in [5.74, 6) is -0.382. The number of ether oxygens (including phenoxy) is 2. The summed E-state index contributed by atoms with van der Waals surface area (Å²) >= 11 is 0. The van der Waals surface area contributed by atoms with Crippen molar-refractivity contribution in [2.45, 2.75) is 51.4 Å². The lowest BCUT2D eigenvalue weighted by molar-refractivity contribution is -0.213. The largest absolute Gasteiger partial charge is 0.407 e. The van der Waals surface area contributed by atoms with E-state index in [1.54, 1.807) is 7.11 Å². The maximum absolute atomic E-state index is 11.2. The van der Waals surface area contributed by atoms with Gasteiger partial charge in [0.1, 0.15) is 6.29 Å². The maximum atomic E-state index is 11.2. The number of hydrogen-bond donors (Lipinski definition) is 0. The molecule has 0 aromatic heterocycles. The van der Waals surface area contributed by atoms with Crippen molar-refractivity contribution in [3.63, 3.8) is 0 Å². The van der Waals surface area contributed by atoms with Crippen LogP contribution in [0, 0.1) is 11.8 Å². The Morgan fingerprint density at radius 1 is 1.06 bits per heavy atom. The van der Waals surface area contributed by atoms with E-state index in [4.69, 9.17) is 13.9 Å². The summed E-state index contributed by atoms with van der Waals surface area (Å²) in [6.07, 6.45) is 2.02. The Balaban J connectivity index is 1.87. The third-order valence-corrected chi connectivity index (χ3v) is 11.9. The number of hydrogen-bond acceptors (Lipinski definition) is 4. The van der Waals surface area contributed by atoms with Gasteiger partial charge in [-0.3, -0.25) is 0 Å². The molecule has 2 aromatic rings. The molecule has 0 radical (unpaired) electrons. The minimum atomic E-state index is -2.53. The van der Waals surface area contributed by atoms with Gasteiger partial charge in [0.05, 0.1) is 13.0 Å². The lowest BCUT2D eigenvalue weighted by atomic mass is 9.87. The lowest BCUT2D eigenvalue weighted by Gasteiger charge is -2.43. The van der Waals surface area contributed by atoms with E-state index in [9.17, 15) is 4.79 Å². The summed E-state index contributed by atoms with van der Waals surface area (Å²) in [4.78, 5) is 11.2. The molecule has 5 heteroatoms. The Hall–Kier alpha value is -1.79. The average molecular weight is 441 g/mol. The van der Waals surface area contributed by atoms with Crippen molar-refractivity contribution in [3.05, 3.63) is 60.7 Å². The first-order valence-corrected chi connectivity index (χ1v) is 13.1. The summed E-state index contributed by atoms with van der Waals surface area (Å²) < 4.78 is 18.6. The molecule has 1 heterocycles. The van der Waals surface area contributed by atoms with Gasteiger partial charge >= 0.3 is 0 Å². The molecule has 3 rings (SSSR count). The molecule has 1 saturated heterocycles. The molecule has 0 amide bonds. The minimum Gasteiger partial charge on any atom is -0.407 e. The van der Waals surface area contributed by atoms with Gasteiger partial charge in [0.2, 0.25) is 0 Å². The number of aldehydes is 1. The molecule has 1 unspecified atom stereocenters. The van der Waals surface area contributed by atoms with E-state index in [0.29, 0.717) is 13.2 Å². The summed E-state index contributed by atoms with van der Waals surface area (Å²) in [5.41, 5.74) is 0. The molecule has 3 atom stereocenters. The molecule has 31 heavy (non-hydrogen) atoms. The van der Waals surface area contributed by atoms with Crippen molar-refractivity contribution in [3.8, 4) is 0 Å². The summed E-state index contributed by atoms with van der Waals surface area (Å²) in [6, 6.07) is 21.4. The topological polar surface area (TPSA) is 44.8 Å². The SMILES string of the molecule is COC1(CC=O)OC[C@@H](CCO[Si](c2ccccc2)(c2ccccc2)C(C)(C)C)[C@@H]1C. The highest BCUT2D eigenvalue weighted by molar-refractivity contribution is 6.99. The van der Waals surface area contributed by atoms with Gasteiger partial charge in [-0.05, 0) is 27.8 Å². The predicted molar refractivity (Wildman–Crippen MR) is 127 cm³/mol. The molecule has 0 spiro atoms. The van der Waals surface area contributed by atoms with Crippen molar-refractivity contribution < 1.29 is 18.7 Å². The normalized spacial score (nSPS) is 24.3. The van der Waals surface area contributed by atoms with Crippen LogP contribution in [0.4, 0.5) is 0 Å². The molecule has 4 nitrogen and oxygen atoms in total. The molecule has 1 aliphatic rings. The third kappa shape index (κ3) is 4.56.